The number of ether oxygens (including phenoxy) is 3. The van der Waals surface area contributed by atoms with Crippen LogP contribution in [-0.2, 0) is 11.3 Å². The quantitative estimate of drug-likeness (QED) is 0.374. The third-order valence-electron chi connectivity index (χ3n) is 6.43. The van der Waals surface area contributed by atoms with Crippen LogP contribution < -0.4 is 15.0 Å². The molecule has 2 aromatic heterocycles. The summed E-state index contributed by atoms with van der Waals surface area (Å²) in [5.41, 5.74) is 4.23. The largest absolute Gasteiger partial charge is 0.454 e. The van der Waals surface area contributed by atoms with Gasteiger partial charge in [0.25, 0.3) is 11.5 Å². The Morgan fingerprint density at radius 2 is 1.92 bits per heavy atom. The number of fused-ring (bicyclic) bond motifs is 2. The van der Waals surface area contributed by atoms with Crippen LogP contribution in [0, 0.1) is 13.8 Å². The molecule has 1 aliphatic rings. The van der Waals surface area contributed by atoms with Crippen molar-refractivity contribution < 1.29 is 19.0 Å². The van der Waals surface area contributed by atoms with Gasteiger partial charge in [0, 0.05) is 47.9 Å². The number of nitrogens with zero attached hydrogens (tertiary/aromatic N) is 2. The zero-order chi connectivity index (χ0) is 26.1. The van der Waals surface area contributed by atoms with Gasteiger partial charge in [-0.1, -0.05) is 23.7 Å². The summed E-state index contributed by atoms with van der Waals surface area (Å²) in [4.78, 5) is 35.6. The summed E-state index contributed by atoms with van der Waals surface area (Å²) in [6.07, 6.45) is 0. The smallest absolute Gasteiger partial charge is 0.261 e. The van der Waals surface area contributed by atoms with Gasteiger partial charge in [-0.15, -0.1) is 0 Å². The Morgan fingerprint density at radius 3 is 2.68 bits per heavy atom. The third kappa shape index (κ3) is 5.03. The van der Waals surface area contributed by atoms with Gasteiger partial charge < -0.3 is 24.1 Å². The van der Waals surface area contributed by atoms with Gasteiger partial charge in [-0.05, 0) is 55.3 Å². The molecular weight excluding hydrogens is 494 g/mol. The van der Waals surface area contributed by atoms with Gasteiger partial charge in [0.1, 0.15) is 5.56 Å². The number of aryl methyl sites for hydroxylation is 2. The van der Waals surface area contributed by atoms with Gasteiger partial charge >= 0.3 is 0 Å². The number of aromatic nitrogens is 2. The summed E-state index contributed by atoms with van der Waals surface area (Å²) in [5.74, 6) is 0.893. The maximum Gasteiger partial charge on any atom is 0.261 e. The van der Waals surface area contributed by atoms with E-state index in [0.717, 1.165) is 33.3 Å². The van der Waals surface area contributed by atoms with Crippen LogP contribution in [0.2, 0.25) is 5.02 Å². The molecule has 1 amide bonds. The van der Waals surface area contributed by atoms with Gasteiger partial charge in [0.05, 0.1) is 17.8 Å². The van der Waals surface area contributed by atoms with Crippen molar-refractivity contribution in [3.8, 4) is 22.8 Å². The van der Waals surface area contributed by atoms with Crippen LogP contribution in [0.25, 0.3) is 22.2 Å². The molecule has 4 aromatic rings. The minimum atomic E-state index is -0.421. The maximum atomic E-state index is 13.6. The molecular formula is C28H26ClN3O5. The van der Waals surface area contributed by atoms with E-state index in [0.29, 0.717) is 28.8 Å². The first-order chi connectivity index (χ1) is 17.8. The summed E-state index contributed by atoms with van der Waals surface area (Å²) in [6, 6.07) is 14.8. The molecule has 0 atom stereocenters. The number of methoxy groups -OCH3 is 1. The number of rotatable bonds is 7. The second-order valence-electron chi connectivity index (χ2n) is 8.94. The van der Waals surface area contributed by atoms with Crippen LogP contribution in [0.4, 0.5) is 0 Å². The average molecular weight is 520 g/mol. The van der Waals surface area contributed by atoms with E-state index in [2.05, 4.69) is 4.98 Å². The van der Waals surface area contributed by atoms with Crippen molar-refractivity contribution >= 4 is 28.4 Å². The molecule has 0 saturated carbocycles. The van der Waals surface area contributed by atoms with Crippen molar-refractivity contribution in [2.24, 2.45) is 0 Å². The summed E-state index contributed by atoms with van der Waals surface area (Å²) < 4.78 is 16.4. The van der Waals surface area contributed by atoms with E-state index >= 15 is 0 Å². The summed E-state index contributed by atoms with van der Waals surface area (Å²) >= 11 is 6.31. The van der Waals surface area contributed by atoms with E-state index in [1.165, 1.54) is 0 Å². The average Bonchev–Trinajstić information content (AvgIpc) is 3.33. The SMILES string of the molecule is COCCN(Cc1cc2cc3c(cc2nc1-c1cccc(Cl)c1)OCO3)C(=O)c1cc(C)c(C)[nH]c1=O. The Balaban J connectivity index is 1.62. The predicted molar refractivity (Wildman–Crippen MR) is 141 cm³/mol. The first-order valence-electron chi connectivity index (χ1n) is 11.8. The van der Waals surface area contributed by atoms with E-state index in [1.54, 1.807) is 31.1 Å². The first kappa shape index (κ1) is 24.8. The van der Waals surface area contributed by atoms with E-state index < -0.39 is 5.56 Å². The van der Waals surface area contributed by atoms with Crippen LogP contribution >= 0.6 is 11.6 Å². The Hall–Kier alpha value is -3.88. The molecule has 0 spiro atoms. The second kappa shape index (κ2) is 10.2. The number of carbonyl (C=O) groups excluding carboxylic acids is 1. The number of hydrogen-bond acceptors (Lipinski definition) is 6. The minimum absolute atomic E-state index is 0.0839. The van der Waals surface area contributed by atoms with Crippen molar-refractivity contribution in [2.45, 2.75) is 20.4 Å². The van der Waals surface area contributed by atoms with Crippen molar-refractivity contribution in [2.75, 3.05) is 27.1 Å². The minimum Gasteiger partial charge on any atom is -0.454 e. The Bertz CT molecular complexity index is 1570. The van der Waals surface area contributed by atoms with Crippen LogP contribution in [0.3, 0.4) is 0 Å². The number of carbonyl (C=O) groups is 1. The molecule has 0 bridgehead atoms. The summed E-state index contributed by atoms with van der Waals surface area (Å²) in [5, 5.41) is 1.42. The number of aromatic amines is 1. The van der Waals surface area contributed by atoms with Gasteiger partial charge in [-0.3, -0.25) is 9.59 Å². The van der Waals surface area contributed by atoms with Gasteiger partial charge in [0.2, 0.25) is 6.79 Å². The predicted octanol–water partition coefficient (Wildman–Crippen LogP) is 4.88. The maximum absolute atomic E-state index is 13.6. The Morgan fingerprint density at radius 1 is 1.14 bits per heavy atom. The molecule has 0 fully saturated rings. The van der Waals surface area contributed by atoms with E-state index in [9.17, 15) is 9.59 Å². The number of halogens is 1. The molecule has 8 nitrogen and oxygen atoms in total. The molecule has 5 rings (SSSR count). The van der Waals surface area contributed by atoms with Crippen molar-refractivity contribution in [1.82, 2.24) is 14.9 Å². The molecule has 0 unspecified atom stereocenters. The lowest BCUT2D eigenvalue weighted by molar-refractivity contribution is 0.0678. The van der Waals surface area contributed by atoms with E-state index in [1.807, 2.05) is 43.3 Å². The highest BCUT2D eigenvalue weighted by atomic mass is 35.5. The van der Waals surface area contributed by atoms with Gasteiger partial charge in [-0.25, -0.2) is 4.98 Å². The van der Waals surface area contributed by atoms with Crippen molar-refractivity contribution in [1.29, 1.82) is 0 Å². The lowest BCUT2D eigenvalue weighted by Gasteiger charge is -2.24. The molecule has 2 aromatic carbocycles. The standard InChI is InChI=1S/C28H26ClN3O5/c1-16-9-22(27(33)30-17(16)2)28(34)32(7-8-35-3)14-20-10-19-12-24-25(37-15-36-24)13-23(19)31-26(20)18-5-4-6-21(29)11-18/h4-6,9-13H,7-8,14-15H2,1-3H3,(H,30,33). The fourth-order valence-electron chi connectivity index (χ4n) is 4.33. The third-order valence-corrected chi connectivity index (χ3v) is 6.66. The summed E-state index contributed by atoms with van der Waals surface area (Å²) in [7, 11) is 1.57. The van der Waals surface area contributed by atoms with Gasteiger partial charge in [-0.2, -0.15) is 0 Å². The fourth-order valence-corrected chi connectivity index (χ4v) is 4.52. The number of amides is 1. The van der Waals surface area contributed by atoms with Crippen LogP contribution in [0.5, 0.6) is 11.5 Å². The molecule has 9 heteroatoms. The van der Waals surface area contributed by atoms with E-state index in [4.69, 9.17) is 30.8 Å². The molecule has 0 saturated heterocycles. The topological polar surface area (TPSA) is 93.8 Å². The lowest BCUT2D eigenvalue weighted by atomic mass is 10.0. The highest BCUT2D eigenvalue weighted by Gasteiger charge is 2.23. The molecule has 37 heavy (non-hydrogen) atoms. The number of pyridine rings is 2. The number of hydrogen-bond donors (Lipinski definition) is 1. The molecule has 1 aliphatic heterocycles. The Kier molecular flexibility index (Phi) is 6.86. The number of H-pyrrole nitrogens is 1. The van der Waals surface area contributed by atoms with Crippen molar-refractivity contribution in [3.63, 3.8) is 0 Å². The summed E-state index contributed by atoms with van der Waals surface area (Å²) in [6.45, 7) is 4.61. The Labute approximate surface area is 218 Å². The fraction of sp³-hybridized carbons (Fsp3) is 0.250. The molecule has 190 valence electrons. The van der Waals surface area contributed by atoms with Gasteiger partial charge in [0.15, 0.2) is 11.5 Å². The number of benzene rings is 2. The zero-order valence-corrected chi connectivity index (χ0v) is 21.5. The van der Waals surface area contributed by atoms with Crippen LogP contribution in [0.15, 0.2) is 53.3 Å². The van der Waals surface area contributed by atoms with Crippen LogP contribution in [-0.4, -0.2) is 47.8 Å². The molecule has 3 heterocycles. The first-order valence-corrected chi connectivity index (χ1v) is 12.2. The van der Waals surface area contributed by atoms with Crippen LogP contribution in [0.1, 0.15) is 27.2 Å². The normalized spacial score (nSPS) is 12.2. The monoisotopic (exact) mass is 519 g/mol. The van der Waals surface area contributed by atoms with E-state index in [-0.39, 0.29) is 31.4 Å². The molecule has 1 N–H and O–H groups in total. The molecule has 0 aliphatic carbocycles. The second-order valence-corrected chi connectivity index (χ2v) is 9.38. The highest BCUT2D eigenvalue weighted by Crippen LogP contribution is 2.37. The zero-order valence-electron chi connectivity index (χ0n) is 20.8. The lowest BCUT2D eigenvalue weighted by Crippen LogP contribution is -2.37. The van der Waals surface area contributed by atoms with Crippen molar-refractivity contribution in [3.05, 3.63) is 86.3 Å². The number of nitrogens with one attached hydrogen (secondary N) is 1. The molecule has 0 radical (unpaired) electrons. The highest BCUT2D eigenvalue weighted by molar-refractivity contribution is 6.30.